The Kier molecular flexibility index (Phi) is 6.70. The van der Waals surface area contributed by atoms with Crippen LogP contribution in [0.5, 0.6) is 11.5 Å². The van der Waals surface area contributed by atoms with Crippen molar-refractivity contribution in [2.75, 3.05) is 19.0 Å². The summed E-state index contributed by atoms with van der Waals surface area (Å²) in [5.41, 5.74) is 5.83. The number of allylic oxidation sites excluding steroid dienone is 1. The first kappa shape index (κ1) is 18.7. The first-order chi connectivity index (χ1) is 12.1. The van der Waals surface area contributed by atoms with Crippen LogP contribution >= 0.6 is 0 Å². The Morgan fingerprint density at radius 1 is 1.08 bits per heavy atom. The van der Waals surface area contributed by atoms with Crippen molar-refractivity contribution in [1.29, 1.82) is 0 Å². The van der Waals surface area contributed by atoms with Gasteiger partial charge in [-0.25, -0.2) is 0 Å². The number of aryl methyl sites for hydroxylation is 2. The van der Waals surface area contributed by atoms with E-state index in [9.17, 15) is 0 Å². The molecule has 0 aliphatic carbocycles. The van der Waals surface area contributed by atoms with Gasteiger partial charge in [-0.05, 0) is 55.2 Å². The fourth-order valence-electron chi connectivity index (χ4n) is 2.71. The van der Waals surface area contributed by atoms with Crippen LogP contribution < -0.4 is 14.8 Å². The Morgan fingerprint density at radius 2 is 1.88 bits per heavy atom. The third-order valence-corrected chi connectivity index (χ3v) is 4.00. The first-order valence-corrected chi connectivity index (χ1v) is 8.44. The van der Waals surface area contributed by atoms with E-state index in [1.807, 2.05) is 12.1 Å². The van der Waals surface area contributed by atoms with Crippen LogP contribution in [0, 0.1) is 13.8 Å². The van der Waals surface area contributed by atoms with Crippen molar-refractivity contribution >= 4 is 5.69 Å². The summed E-state index contributed by atoms with van der Waals surface area (Å²) in [4.78, 5) is 0. The summed E-state index contributed by atoms with van der Waals surface area (Å²) in [5.74, 6) is 1.50. The van der Waals surface area contributed by atoms with E-state index in [2.05, 4.69) is 56.6 Å². The van der Waals surface area contributed by atoms with Crippen LogP contribution in [-0.4, -0.2) is 13.7 Å². The minimum absolute atomic E-state index is 0.445. The number of ether oxygens (including phenoxy) is 2. The molecule has 3 nitrogen and oxygen atoms in total. The summed E-state index contributed by atoms with van der Waals surface area (Å²) in [5, 5.41) is 3.51. The Labute approximate surface area is 151 Å². The van der Waals surface area contributed by atoms with Crippen LogP contribution in [0.15, 0.2) is 55.6 Å². The maximum absolute atomic E-state index is 5.80. The predicted molar refractivity (Wildman–Crippen MR) is 106 cm³/mol. The van der Waals surface area contributed by atoms with Gasteiger partial charge < -0.3 is 14.8 Å². The Balaban J connectivity index is 2.28. The maximum atomic E-state index is 5.80. The Hall–Kier alpha value is -2.68. The van der Waals surface area contributed by atoms with Gasteiger partial charge in [-0.1, -0.05) is 30.9 Å². The summed E-state index contributed by atoms with van der Waals surface area (Å²) in [6.07, 6.45) is 4.32. The zero-order valence-corrected chi connectivity index (χ0v) is 15.4. The topological polar surface area (TPSA) is 30.5 Å². The summed E-state index contributed by atoms with van der Waals surface area (Å²) in [6, 6.07) is 10.6. The number of hydrogen-bond donors (Lipinski definition) is 1. The number of benzene rings is 2. The van der Waals surface area contributed by atoms with E-state index in [0.29, 0.717) is 13.2 Å². The van der Waals surface area contributed by atoms with E-state index in [1.54, 1.807) is 13.2 Å². The molecule has 1 N–H and O–H groups in total. The number of methoxy groups -OCH3 is 1. The summed E-state index contributed by atoms with van der Waals surface area (Å²) >= 11 is 0. The Bertz CT molecular complexity index is 750. The smallest absolute Gasteiger partial charge is 0.165 e. The molecule has 3 heteroatoms. The molecule has 25 heavy (non-hydrogen) atoms. The minimum atomic E-state index is 0.445. The second kappa shape index (κ2) is 8.97. The number of hydrogen-bond acceptors (Lipinski definition) is 3. The SMILES string of the molecule is C=CCOc1c(CC=C)cc(CNc2cc(C)ccc2C)cc1OC. The fourth-order valence-corrected chi connectivity index (χ4v) is 2.71. The number of nitrogens with one attached hydrogen (secondary N) is 1. The molecule has 0 aliphatic heterocycles. The molecule has 0 atom stereocenters. The van der Waals surface area contributed by atoms with Gasteiger partial charge in [0.1, 0.15) is 6.61 Å². The molecular formula is C22H27NO2. The summed E-state index contributed by atoms with van der Waals surface area (Å²) in [6.45, 7) is 12.9. The Morgan fingerprint density at radius 3 is 2.56 bits per heavy atom. The molecule has 2 aromatic carbocycles. The largest absolute Gasteiger partial charge is 0.493 e. The van der Waals surface area contributed by atoms with E-state index in [-0.39, 0.29) is 0 Å². The van der Waals surface area contributed by atoms with Crippen LogP contribution in [0.3, 0.4) is 0 Å². The molecular weight excluding hydrogens is 310 g/mol. The summed E-state index contributed by atoms with van der Waals surface area (Å²) in [7, 11) is 1.66. The highest BCUT2D eigenvalue weighted by atomic mass is 16.5. The van der Waals surface area contributed by atoms with Crippen LogP contribution in [0.4, 0.5) is 5.69 Å². The third kappa shape index (κ3) is 4.90. The lowest BCUT2D eigenvalue weighted by molar-refractivity contribution is 0.323. The quantitative estimate of drug-likeness (QED) is 0.637. The van der Waals surface area contributed by atoms with Gasteiger partial charge in [0, 0.05) is 17.8 Å². The fraction of sp³-hybridized carbons (Fsp3) is 0.273. The van der Waals surface area contributed by atoms with E-state index < -0.39 is 0 Å². The molecule has 0 aliphatic rings. The van der Waals surface area contributed by atoms with Gasteiger partial charge >= 0.3 is 0 Å². The molecule has 0 bridgehead atoms. The van der Waals surface area contributed by atoms with Crippen molar-refractivity contribution in [1.82, 2.24) is 0 Å². The molecule has 0 aromatic heterocycles. The lowest BCUT2D eigenvalue weighted by Gasteiger charge is -2.17. The van der Waals surface area contributed by atoms with Crippen molar-refractivity contribution in [3.8, 4) is 11.5 Å². The molecule has 0 unspecified atom stereocenters. The van der Waals surface area contributed by atoms with Crippen molar-refractivity contribution < 1.29 is 9.47 Å². The first-order valence-electron chi connectivity index (χ1n) is 8.44. The van der Waals surface area contributed by atoms with Gasteiger partial charge in [-0.3, -0.25) is 0 Å². The van der Waals surface area contributed by atoms with Gasteiger partial charge in [0.15, 0.2) is 11.5 Å². The van der Waals surface area contributed by atoms with E-state index in [0.717, 1.165) is 34.7 Å². The molecule has 0 spiro atoms. The molecule has 0 amide bonds. The molecule has 0 heterocycles. The van der Waals surface area contributed by atoms with Crippen molar-refractivity contribution in [2.24, 2.45) is 0 Å². The van der Waals surface area contributed by atoms with Crippen LogP contribution in [0.25, 0.3) is 0 Å². The molecule has 132 valence electrons. The zero-order chi connectivity index (χ0) is 18.2. The second-order valence-corrected chi connectivity index (χ2v) is 6.05. The van der Waals surface area contributed by atoms with E-state index in [4.69, 9.17) is 9.47 Å². The van der Waals surface area contributed by atoms with Gasteiger partial charge in [-0.2, -0.15) is 0 Å². The van der Waals surface area contributed by atoms with Gasteiger partial charge in [0.2, 0.25) is 0 Å². The van der Waals surface area contributed by atoms with Crippen LogP contribution in [0.2, 0.25) is 0 Å². The zero-order valence-electron chi connectivity index (χ0n) is 15.4. The standard InChI is InChI=1S/C22H27NO2/c1-6-8-19-13-18(14-21(24-5)22(19)25-11-7-2)15-23-20-12-16(3)9-10-17(20)4/h6-7,9-10,12-14,23H,1-2,8,11,15H2,3-5H3. The highest BCUT2D eigenvalue weighted by Gasteiger charge is 2.12. The maximum Gasteiger partial charge on any atom is 0.165 e. The third-order valence-electron chi connectivity index (χ3n) is 4.00. The van der Waals surface area contributed by atoms with E-state index in [1.165, 1.54) is 11.1 Å². The molecule has 0 radical (unpaired) electrons. The van der Waals surface area contributed by atoms with Crippen molar-refractivity contribution in [2.45, 2.75) is 26.8 Å². The lowest BCUT2D eigenvalue weighted by Crippen LogP contribution is -2.05. The van der Waals surface area contributed by atoms with Crippen LogP contribution in [-0.2, 0) is 13.0 Å². The highest BCUT2D eigenvalue weighted by Crippen LogP contribution is 2.34. The average molecular weight is 337 g/mol. The second-order valence-electron chi connectivity index (χ2n) is 6.05. The number of rotatable bonds is 9. The number of anilines is 1. The monoisotopic (exact) mass is 337 g/mol. The highest BCUT2D eigenvalue weighted by molar-refractivity contribution is 5.54. The summed E-state index contributed by atoms with van der Waals surface area (Å²) < 4.78 is 11.3. The molecule has 0 fully saturated rings. The van der Waals surface area contributed by atoms with E-state index >= 15 is 0 Å². The predicted octanol–water partition coefficient (Wildman–Crippen LogP) is 5.22. The van der Waals surface area contributed by atoms with Gasteiger partial charge in [-0.15, -0.1) is 6.58 Å². The lowest BCUT2D eigenvalue weighted by atomic mass is 10.0. The van der Waals surface area contributed by atoms with Gasteiger partial charge in [0.05, 0.1) is 7.11 Å². The molecule has 0 saturated heterocycles. The molecule has 2 aromatic rings. The molecule has 0 saturated carbocycles. The minimum Gasteiger partial charge on any atom is -0.493 e. The average Bonchev–Trinajstić information content (AvgIpc) is 2.61. The van der Waals surface area contributed by atoms with Crippen molar-refractivity contribution in [3.05, 3.63) is 77.9 Å². The van der Waals surface area contributed by atoms with Crippen molar-refractivity contribution in [3.63, 3.8) is 0 Å². The van der Waals surface area contributed by atoms with Gasteiger partial charge in [0.25, 0.3) is 0 Å². The van der Waals surface area contributed by atoms with Crippen LogP contribution in [0.1, 0.15) is 22.3 Å². The normalized spacial score (nSPS) is 10.2. The molecule has 2 rings (SSSR count).